The van der Waals surface area contributed by atoms with Gasteiger partial charge in [-0.3, -0.25) is 9.59 Å². The number of anilines is 1. The molecule has 0 aliphatic carbocycles. The molecule has 170 valence electrons. The molecule has 4 aromatic rings. The number of carbonyl (C=O) groups is 2. The van der Waals surface area contributed by atoms with Crippen molar-refractivity contribution in [2.45, 2.75) is 46.3 Å². The maximum absolute atomic E-state index is 13.3. The quantitative estimate of drug-likeness (QED) is 0.340. The van der Waals surface area contributed by atoms with Gasteiger partial charge in [0.05, 0.1) is 22.1 Å². The molecule has 2 heterocycles. The van der Waals surface area contributed by atoms with Crippen molar-refractivity contribution in [2.24, 2.45) is 0 Å². The highest BCUT2D eigenvalue weighted by Crippen LogP contribution is 2.39. The Kier molecular flexibility index (Phi) is 5.82. The third-order valence-corrected chi connectivity index (χ3v) is 7.09. The normalized spacial score (nSPS) is 12.8. The van der Waals surface area contributed by atoms with Gasteiger partial charge in [0.15, 0.2) is 5.78 Å². The van der Waals surface area contributed by atoms with Crippen LogP contribution in [0.25, 0.3) is 21.0 Å². The Morgan fingerprint density at radius 2 is 1.85 bits per heavy atom. The minimum absolute atomic E-state index is 0.101. The highest BCUT2D eigenvalue weighted by atomic mass is 32.1. The van der Waals surface area contributed by atoms with Gasteiger partial charge in [-0.2, -0.15) is 0 Å². The molecule has 1 unspecified atom stereocenters. The van der Waals surface area contributed by atoms with Gasteiger partial charge in [-0.05, 0) is 69.5 Å². The van der Waals surface area contributed by atoms with Gasteiger partial charge in [-0.25, -0.2) is 4.98 Å². The molecule has 0 bridgehead atoms. The number of para-hydroxylation sites is 1. The largest absolute Gasteiger partial charge is 0.389 e. The molecule has 2 aromatic heterocycles. The van der Waals surface area contributed by atoms with Crippen LogP contribution in [0.2, 0.25) is 0 Å². The number of thiophene rings is 1. The summed E-state index contributed by atoms with van der Waals surface area (Å²) in [6, 6.07) is 12.6. The Morgan fingerprint density at radius 3 is 2.48 bits per heavy atom. The van der Waals surface area contributed by atoms with Gasteiger partial charge in [0.2, 0.25) is 0 Å². The molecule has 0 saturated heterocycles. The Hall–Kier alpha value is -3.13. The monoisotopic (exact) mass is 462 g/mol. The number of nitrogens with one attached hydrogen (secondary N) is 1. The molecular weight excluding hydrogens is 436 g/mol. The van der Waals surface area contributed by atoms with Gasteiger partial charge in [0, 0.05) is 21.0 Å². The topological polar surface area (TPSA) is 99.5 Å². The summed E-state index contributed by atoms with van der Waals surface area (Å²) in [5, 5.41) is 25.3. The molecule has 1 atom stereocenters. The summed E-state index contributed by atoms with van der Waals surface area (Å²) in [6.45, 7) is 8.35. The number of aromatic nitrogens is 1. The van der Waals surface area contributed by atoms with Gasteiger partial charge < -0.3 is 15.5 Å². The molecule has 0 aliphatic heterocycles. The van der Waals surface area contributed by atoms with Crippen LogP contribution in [-0.2, 0) is 5.60 Å². The Bertz CT molecular complexity index is 1410. The number of rotatable bonds is 5. The van der Waals surface area contributed by atoms with E-state index in [-0.39, 0.29) is 11.7 Å². The average Bonchev–Trinajstić information content (AvgIpc) is 3.09. The van der Waals surface area contributed by atoms with Crippen LogP contribution in [0, 0.1) is 6.92 Å². The minimum atomic E-state index is -1.13. The number of benzene rings is 2. The molecule has 7 heteroatoms. The molecular formula is C26H26N2O4S. The van der Waals surface area contributed by atoms with Crippen LogP contribution in [0.15, 0.2) is 42.5 Å². The number of nitrogens with zero attached hydrogens (tertiary/aromatic N) is 1. The number of aryl methyl sites for hydroxylation is 1. The molecule has 0 aliphatic rings. The van der Waals surface area contributed by atoms with E-state index < -0.39 is 11.7 Å². The van der Waals surface area contributed by atoms with Crippen molar-refractivity contribution in [3.05, 3.63) is 69.6 Å². The second kappa shape index (κ2) is 8.33. The second-order valence-electron chi connectivity index (χ2n) is 8.78. The van der Waals surface area contributed by atoms with E-state index in [2.05, 4.69) is 10.3 Å². The number of hydrogen-bond donors (Lipinski definition) is 3. The Labute approximate surface area is 195 Å². The summed E-state index contributed by atoms with van der Waals surface area (Å²) < 4.78 is 0.687. The van der Waals surface area contributed by atoms with Gasteiger partial charge in [-0.1, -0.05) is 24.3 Å². The maximum atomic E-state index is 13.3. The zero-order chi connectivity index (χ0) is 24.1. The van der Waals surface area contributed by atoms with Crippen LogP contribution in [0.4, 0.5) is 5.82 Å². The Balaban J connectivity index is 1.83. The number of ketones is 1. The van der Waals surface area contributed by atoms with Crippen LogP contribution in [0.3, 0.4) is 0 Å². The smallest absolute Gasteiger partial charge is 0.267 e. The summed E-state index contributed by atoms with van der Waals surface area (Å²) in [5.41, 5.74) is 2.10. The number of hydrogen-bond acceptors (Lipinski definition) is 6. The molecule has 2 aromatic carbocycles. The number of aliphatic hydroxyl groups is 2. The van der Waals surface area contributed by atoms with Crippen LogP contribution in [0.1, 0.15) is 70.5 Å². The van der Waals surface area contributed by atoms with Crippen molar-refractivity contribution in [1.82, 2.24) is 4.98 Å². The molecule has 6 nitrogen and oxygen atoms in total. The minimum Gasteiger partial charge on any atom is -0.389 e. The molecule has 0 spiro atoms. The summed E-state index contributed by atoms with van der Waals surface area (Å²) in [5.74, 6) is -0.129. The summed E-state index contributed by atoms with van der Waals surface area (Å²) in [4.78, 5) is 30.5. The summed E-state index contributed by atoms with van der Waals surface area (Å²) in [6.07, 6.45) is -0.741. The first-order valence-corrected chi connectivity index (χ1v) is 11.5. The van der Waals surface area contributed by atoms with E-state index in [0.29, 0.717) is 43.2 Å². The number of pyridine rings is 1. The lowest BCUT2D eigenvalue weighted by Gasteiger charge is -2.21. The van der Waals surface area contributed by atoms with Crippen molar-refractivity contribution in [2.75, 3.05) is 5.32 Å². The highest BCUT2D eigenvalue weighted by molar-refractivity contribution is 7.21. The predicted octanol–water partition coefficient (Wildman–Crippen LogP) is 5.49. The van der Waals surface area contributed by atoms with E-state index in [4.69, 9.17) is 0 Å². The van der Waals surface area contributed by atoms with Crippen LogP contribution in [-0.4, -0.2) is 26.9 Å². The third-order valence-electron chi connectivity index (χ3n) is 5.76. The first-order valence-electron chi connectivity index (χ1n) is 10.7. The lowest BCUT2D eigenvalue weighted by atomic mass is 9.94. The van der Waals surface area contributed by atoms with E-state index >= 15 is 0 Å². The van der Waals surface area contributed by atoms with Gasteiger partial charge in [0.25, 0.3) is 5.91 Å². The van der Waals surface area contributed by atoms with Gasteiger partial charge >= 0.3 is 0 Å². The highest BCUT2D eigenvalue weighted by Gasteiger charge is 2.24. The molecule has 0 saturated carbocycles. The van der Waals surface area contributed by atoms with Crippen LogP contribution < -0.4 is 5.32 Å². The Morgan fingerprint density at radius 1 is 1.15 bits per heavy atom. The van der Waals surface area contributed by atoms with Crippen molar-refractivity contribution in [1.29, 1.82) is 0 Å². The van der Waals surface area contributed by atoms with Gasteiger partial charge in [0.1, 0.15) is 5.82 Å². The fourth-order valence-corrected chi connectivity index (χ4v) is 5.44. The molecule has 3 N–H and O–H groups in total. The number of fused-ring (bicyclic) bond motifs is 2. The summed E-state index contributed by atoms with van der Waals surface area (Å²) >= 11 is 1.23. The zero-order valence-corrected chi connectivity index (χ0v) is 20.0. The number of Topliss-reactive ketones (excluding diaryl/α,β-unsaturated/α-hetero) is 1. The predicted molar refractivity (Wildman–Crippen MR) is 132 cm³/mol. The first kappa shape index (κ1) is 23.0. The lowest BCUT2D eigenvalue weighted by Crippen LogP contribution is -2.18. The van der Waals surface area contributed by atoms with Crippen LogP contribution in [0.5, 0.6) is 0 Å². The fraction of sp³-hybridized carbons (Fsp3) is 0.269. The van der Waals surface area contributed by atoms with Crippen molar-refractivity contribution >= 4 is 49.8 Å². The van der Waals surface area contributed by atoms with Crippen molar-refractivity contribution < 1.29 is 19.8 Å². The maximum Gasteiger partial charge on any atom is 0.267 e. The number of amides is 1. The van der Waals surface area contributed by atoms with E-state index in [1.54, 1.807) is 39.0 Å². The standard InChI is InChI=1S/C26H26N2O4S/c1-13-22-16(14(2)29)10-11-17(15(3)30)24(22)33-23(13)25(31)28-21-12-19(26(4,5)32)18-8-6-7-9-20(18)27-21/h6-12,14,29,32H,1-5H3,(H,27,28,31). The van der Waals surface area contributed by atoms with Gasteiger partial charge in [-0.15, -0.1) is 11.3 Å². The second-order valence-corrected chi connectivity index (χ2v) is 9.80. The molecule has 4 rings (SSSR count). The van der Waals surface area contributed by atoms with Crippen LogP contribution >= 0.6 is 11.3 Å². The van der Waals surface area contributed by atoms with Crippen molar-refractivity contribution in [3.8, 4) is 0 Å². The van der Waals surface area contributed by atoms with E-state index in [9.17, 15) is 19.8 Å². The third kappa shape index (κ3) is 4.15. The van der Waals surface area contributed by atoms with Crippen molar-refractivity contribution in [3.63, 3.8) is 0 Å². The SMILES string of the molecule is CC(=O)c1ccc(C(C)O)c2c(C)c(C(=O)Nc3cc(C(C)(C)O)c4ccccc4n3)sc12. The molecule has 33 heavy (non-hydrogen) atoms. The van der Waals surface area contributed by atoms with E-state index in [1.165, 1.54) is 18.3 Å². The molecule has 0 radical (unpaired) electrons. The lowest BCUT2D eigenvalue weighted by molar-refractivity contribution is 0.0801. The first-order chi connectivity index (χ1) is 15.5. The average molecular weight is 463 g/mol. The summed E-state index contributed by atoms with van der Waals surface area (Å²) in [7, 11) is 0. The fourth-order valence-electron chi connectivity index (χ4n) is 4.14. The number of aliphatic hydroxyl groups excluding tert-OH is 1. The zero-order valence-electron chi connectivity index (χ0n) is 19.2. The molecule has 1 amide bonds. The van der Waals surface area contributed by atoms with E-state index in [0.717, 1.165) is 10.8 Å². The van der Waals surface area contributed by atoms with E-state index in [1.807, 2.05) is 31.2 Å². The molecule has 0 fully saturated rings. The number of carbonyl (C=O) groups excluding carboxylic acids is 2.